The van der Waals surface area contributed by atoms with Gasteiger partial charge in [-0.1, -0.05) is 6.42 Å². The van der Waals surface area contributed by atoms with E-state index in [2.05, 4.69) is 29.0 Å². The molecular weight excluding hydrogens is 528 g/mol. The molecule has 1 heterocycles. The first kappa shape index (κ1) is 23.2. The van der Waals surface area contributed by atoms with Crippen molar-refractivity contribution in [3.05, 3.63) is 47.9 Å². The minimum absolute atomic E-state index is 0. The van der Waals surface area contributed by atoms with Gasteiger partial charge < -0.3 is 10.2 Å². The van der Waals surface area contributed by atoms with Crippen LogP contribution in [0.3, 0.4) is 0 Å². The summed E-state index contributed by atoms with van der Waals surface area (Å²) in [7, 11) is 0. The number of nitrogens with zero attached hydrogens (tertiary/aromatic N) is 2. The van der Waals surface area contributed by atoms with Gasteiger partial charge in [0.2, 0.25) is 0 Å². The molecule has 155 valence electrons. The quantitative estimate of drug-likeness (QED) is 0.549. The molecule has 2 aliphatic rings. The Hall–Kier alpha value is -1.13. The number of hydrogen-bond donors (Lipinski definition) is 2. The van der Waals surface area contributed by atoms with E-state index >= 15 is 0 Å². The molecule has 2 bridgehead atoms. The maximum atomic E-state index is 8.56. The molecule has 5 unspecified atom stereocenters. The minimum atomic E-state index is -0.375. The molecule has 0 amide bonds. The Morgan fingerprint density at radius 2 is 1.86 bits per heavy atom. The number of benzene rings is 1. The van der Waals surface area contributed by atoms with E-state index in [-0.39, 0.29) is 32.3 Å². The summed E-state index contributed by atoms with van der Waals surface area (Å²) >= 11 is 0. The first-order chi connectivity index (χ1) is 13.0. The molecule has 1 aromatic heterocycles. The number of rotatable bonds is 4. The number of aromatic nitrogens is 2. The van der Waals surface area contributed by atoms with Crippen LogP contribution in [0.25, 0.3) is 11.3 Å². The van der Waals surface area contributed by atoms with Crippen LogP contribution >= 0.6 is 0 Å². The van der Waals surface area contributed by atoms with E-state index < -0.39 is 0 Å². The van der Waals surface area contributed by atoms with Crippen LogP contribution in [0.1, 0.15) is 63.1 Å². The molecule has 2 fully saturated rings. The van der Waals surface area contributed by atoms with Crippen LogP contribution in [0.15, 0.2) is 30.6 Å². The third-order valence-corrected chi connectivity index (χ3v) is 5.86. The van der Waals surface area contributed by atoms with E-state index in [0.29, 0.717) is 12.3 Å². The van der Waals surface area contributed by atoms with Crippen molar-refractivity contribution in [3.8, 4) is 11.3 Å². The first-order valence-electron chi connectivity index (χ1n) is 10.1. The molecule has 1 aromatic carbocycles. The van der Waals surface area contributed by atoms with Crippen LogP contribution < -0.4 is 0 Å². The van der Waals surface area contributed by atoms with Crippen LogP contribution in [0.4, 0.5) is 0 Å². The molecule has 0 aliphatic heterocycles. The maximum absolute atomic E-state index is 8.56. The smallest absolute Gasteiger partial charge is 0.105 e. The molecular formula is C23H31IrN2O2-. The normalized spacial score (nSPS) is 24.7. The molecule has 4 rings (SSSR count). The Balaban J connectivity index is 0.000000306. The Morgan fingerprint density at radius 3 is 2.36 bits per heavy atom. The van der Waals surface area contributed by atoms with Crippen molar-refractivity contribution in [3.63, 3.8) is 0 Å². The average Bonchev–Trinajstić information content (AvgIpc) is 3.25. The van der Waals surface area contributed by atoms with E-state index in [9.17, 15) is 0 Å². The summed E-state index contributed by atoms with van der Waals surface area (Å²) in [4.78, 5) is 9.14. The standard InChI is InChI=1S/C18H19N2.C5H12O2.Ir/c1-12-17(14-5-3-2-4-6-14)19-11-20-18(12)16-10-13-7-8-15(16)9-13;1-4(6)3-5(2)7;/h2-5,11,13,15-16H,7-10H2,1H3;4-7H,3H2,1-2H3;/q-1;;. The third kappa shape index (κ3) is 5.70. The minimum Gasteiger partial charge on any atom is -0.393 e. The second kappa shape index (κ2) is 10.6. The SMILES string of the molecule is CC(O)CC(C)O.Cc1c(-c2[c-]cccc2)ncnc1C1CC2CCC1C2.[Ir]. The Kier molecular flexibility index (Phi) is 8.76. The predicted octanol–water partition coefficient (Wildman–Crippen LogP) is 4.29. The fourth-order valence-electron chi connectivity index (χ4n) is 4.72. The van der Waals surface area contributed by atoms with Crippen molar-refractivity contribution in [2.45, 2.75) is 71.0 Å². The number of hydrogen-bond acceptors (Lipinski definition) is 4. The molecule has 2 saturated carbocycles. The Labute approximate surface area is 182 Å². The molecule has 28 heavy (non-hydrogen) atoms. The number of aliphatic hydroxyl groups excluding tert-OH is 2. The van der Waals surface area contributed by atoms with Gasteiger partial charge in [-0.2, -0.15) is 0 Å². The maximum Gasteiger partial charge on any atom is 0.105 e. The summed E-state index contributed by atoms with van der Waals surface area (Å²) in [5.74, 6) is 2.48. The third-order valence-electron chi connectivity index (χ3n) is 5.86. The fraction of sp³-hybridized carbons (Fsp3) is 0.565. The summed E-state index contributed by atoms with van der Waals surface area (Å²) in [5, 5.41) is 17.1. The van der Waals surface area contributed by atoms with Crippen molar-refractivity contribution in [1.82, 2.24) is 9.97 Å². The summed E-state index contributed by atoms with van der Waals surface area (Å²) in [6, 6.07) is 11.4. The fourth-order valence-corrected chi connectivity index (χ4v) is 4.72. The Bertz CT molecular complexity index is 731. The van der Waals surface area contributed by atoms with Gasteiger partial charge in [0.05, 0.1) is 12.2 Å². The molecule has 1 radical (unpaired) electrons. The molecule has 4 nitrogen and oxygen atoms in total. The van der Waals surface area contributed by atoms with Crippen LogP contribution in [-0.4, -0.2) is 32.4 Å². The van der Waals surface area contributed by atoms with E-state index in [1.165, 1.54) is 36.9 Å². The topological polar surface area (TPSA) is 66.2 Å². The molecule has 2 aromatic rings. The van der Waals surface area contributed by atoms with Gasteiger partial charge in [-0.05, 0) is 69.5 Å². The summed E-state index contributed by atoms with van der Waals surface area (Å²) in [6.07, 6.45) is 7.04. The van der Waals surface area contributed by atoms with Gasteiger partial charge in [-0.15, -0.1) is 35.9 Å². The zero-order valence-electron chi connectivity index (χ0n) is 16.9. The molecule has 0 saturated heterocycles. The van der Waals surface area contributed by atoms with E-state index in [1.807, 2.05) is 18.2 Å². The number of aliphatic hydroxyl groups is 2. The molecule has 0 spiro atoms. The van der Waals surface area contributed by atoms with Crippen LogP contribution in [0.2, 0.25) is 0 Å². The predicted molar refractivity (Wildman–Crippen MR) is 107 cm³/mol. The molecule has 2 N–H and O–H groups in total. The van der Waals surface area contributed by atoms with E-state index in [4.69, 9.17) is 10.2 Å². The largest absolute Gasteiger partial charge is 0.393 e. The summed E-state index contributed by atoms with van der Waals surface area (Å²) < 4.78 is 0. The van der Waals surface area contributed by atoms with Crippen LogP contribution in [0.5, 0.6) is 0 Å². The van der Waals surface area contributed by atoms with E-state index in [0.717, 1.165) is 23.1 Å². The van der Waals surface area contributed by atoms with Gasteiger partial charge in [-0.25, -0.2) is 4.98 Å². The second-order valence-corrected chi connectivity index (χ2v) is 8.22. The molecule has 5 heteroatoms. The van der Waals surface area contributed by atoms with Crippen molar-refractivity contribution < 1.29 is 30.3 Å². The van der Waals surface area contributed by atoms with Gasteiger partial charge in [0.25, 0.3) is 0 Å². The zero-order valence-corrected chi connectivity index (χ0v) is 19.3. The van der Waals surface area contributed by atoms with E-state index in [1.54, 1.807) is 20.2 Å². The summed E-state index contributed by atoms with van der Waals surface area (Å²) in [5.41, 5.74) is 4.68. The summed E-state index contributed by atoms with van der Waals surface area (Å²) in [6.45, 7) is 5.50. The van der Waals surface area contributed by atoms with Gasteiger partial charge in [0.1, 0.15) is 6.33 Å². The average molecular weight is 560 g/mol. The van der Waals surface area contributed by atoms with Gasteiger partial charge >= 0.3 is 0 Å². The zero-order chi connectivity index (χ0) is 19.4. The van der Waals surface area contributed by atoms with Gasteiger partial charge in [0.15, 0.2) is 0 Å². The first-order valence-corrected chi connectivity index (χ1v) is 10.1. The molecule has 5 atom stereocenters. The van der Waals surface area contributed by atoms with Gasteiger partial charge in [-0.3, -0.25) is 4.98 Å². The van der Waals surface area contributed by atoms with Crippen molar-refractivity contribution in [2.24, 2.45) is 11.8 Å². The van der Waals surface area contributed by atoms with Crippen molar-refractivity contribution in [1.29, 1.82) is 0 Å². The second-order valence-electron chi connectivity index (χ2n) is 8.22. The van der Waals surface area contributed by atoms with Crippen molar-refractivity contribution >= 4 is 0 Å². The number of fused-ring (bicyclic) bond motifs is 2. The Morgan fingerprint density at radius 1 is 1.11 bits per heavy atom. The van der Waals surface area contributed by atoms with Crippen LogP contribution in [-0.2, 0) is 20.1 Å². The van der Waals surface area contributed by atoms with Gasteiger partial charge in [0, 0.05) is 31.7 Å². The van der Waals surface area contributed by atoms with Crippen molar-refractivity contribution in [2.75, 3.05) is 0 Å². The van der Waals surface area contributed by atoms with Crippen LogP contribution in [0, 0.1) is 24.8 Å². The molecule has 2 aliphatic carbocycles. The monoisotopic (exact) mass is 560 g/mol.